The largest absolute Gasteiger partial charge is 0.295 e. The van der Waals surface area contributed by atoms with E-state index >= 15 is 0 Å². The molecule has 0 aromatic carbocycles. The van der Waals surface area contributed by atoms with E-state index in [2.05, 4.69) is 20.4 Å². The van der Waals surface area contributed by atoms with E-state index in [1.54, 1.807) is 6.08 Å². The zero-order valence-corrected chi connectivity index (χ0v) is 10.6. The molecular formula is C15H25O. The molecule has 0 rings (SSSR count). The van der Waals surface area contributed by atoms with Gasteiger partial charge < -0.3 is 0 Å². The average molecular weight is 221 g/mol. The lowest BCUT2D eigenvalue weighted by atomic mass is 9.99. The summed E-state index contributed by atoms with van der Waals surface area (Å²) in [6.07, 6.45) is 14.0. The van der Waals surface area contributed by atoms with Crippen molar-refractivity contribution in [1.29, 1.82) is 0 Å². The number of hydrogen-bond donors (Lipinski definition) is 0. The topological polar surface area (TPSA) is 17.1 Å². The monoisotopic (exact) mass is 221 g/mol. The van der Waals surface area contributed by atoms with Gasteiger partial charge in [0.25, 0.3) is 0 Å². The lowest BCUT2D eigenvalue weighted by Crippen LogP contribution is -1.92. The summed E-state index contributed by atoms with van der Waals surface area (Å²) in [5.74, 6) is 0.680. The third-order valence-electron chi connectivity index (χ3n) is 2.69. The molecule has 0 aliphatic rings. The summed E-state index contributed by atoms with van der Waals surface area (Å²) in [7, 11) is 0. The Labute approximate surface area is 101 Å². The Kier molecular flexibility index (Phi) is 10.1. The van der Waals surface area contributed by atoms with Crippen LogP contribution in [0.25, 0.3) is 0 Å². The lowest BCUT2D eigenvalue weighted by molar-refractivity contribution is -0.110. The second kappa shape index (κ2) is 10.7. The first kappa shape index (κ1) is 15.2. The van der Waals surface area contributed by atoms with Gasteiger partial charge in [0.15, 0.2) is 5.78 Å². The summed E-state index contributed by atoms with van der Waals surface area (Å²) >= 11 is 0. The van der Waals surface area contributed by atoms with Crippen LogP contribution in [0.5, 0.6) is 0 Å². The second-order valence-corrected chi connectivity index (χ2v) is 4.49. The summed E-state index contributed by atoms with van der Waals surface area (Å²) in [4.78, 5) is 10.5. The molecule has 0 fully saturated rings. The number of allylic oxidation sites excluding steroid dienone is 3. The molecule has 0 N–H and O–H groups in total. The maximum Gasteiger partial charge on any atom is 0.155 e. The molecule has 0 heterocycles. The minimum atomic E-state index is -0.0988. The van der Waals surface area contributed by atoms with Gasteiger partial charge in [-0.05, 0) is 31.3 Å². The van der Waals surface area contributed by atoms with Crippen molar-refractivity contribution < 1.29 is 4.79 Å². The van der Waals surface area contributed by atoms with Crippen molar-refractivity contribution >= 4 is 5.78 Å². The zero-order valence-electron chi connectivity index (χ0n) is 10.6. The van der Waals surface area contributed by atoms with Gasteiger partial charge in [-0.2, -0.15) is 0 Å². The van der Waals surface area contributed by atoms with Crippen LogP contribution in [0, 0.1) is 12.8 Å². The Hall–Kier alpha value is -0.850. The van der Waals surface area contributed by atoms with Crippen LogP contribution >= 0.6 is 0 Å². The first-order valence-electron chi connectivity index (χ1n) is 6.30. The van der Waals surface area contributed by atoms with Crippen molar-refractivity contribution in [2.75, 3.05) is 0 Å². The van der Waals surface area contributed by atoms with Gasteiger partial charge in [0.05, 0.1) is 0 Å². The van der Waals surface area contributed by atoms with E-state index in [1.807, 2.05) is 12.2 Å². The molecule has 1 atom stereocenters. The van der Waals surface area contributed by atoms with E-state index in [9.17, 15) is 4.79 Å². The quantitative estimate of drug-likeness (QED) is 0.301. The molecule has 0 aromatic heterocycles. The van der Waals surface area contributed by atoms with E-state index in [4.69, 9.17) is 0 Å². The Morgan fingerprint density at radius 1 is 1.25 bits per heavy atom. The SMILES string of the molecule is [CH2]C(=O)C=CCCCCCC[C@@H](C)CC=C. The van der Waals surface area contributed by atoms with Crippen LogP contribution in [-0.4, -0.2) is 5.78 Å². The van der Waals surface area contributed by atoms with Gasteiger partial charge in [-0.25, -0.2) is 0 Å². The van der Waals surface area contributed by atoms with Crippen LogP contribution in [0.15, 0.2) is 24.8 Å². The number of rotatable bonds is 10. The van der Waals surface area contributed by atoms with E-state index in [-0.39, 0.29) is 5.78 Å². The minimum Gasteiger partial charge on any atom is -0.295 e. The first-order chi connectivity index (χ1) is 7.66. The van der Waals surface area contributed by atoms with Crippen LogP contribution in [0.4, 0.5) is 0 Å². The second-order valence-electron chi connectivity index (χ2n) is 4.49. The van der Waals surface area contributed by atoms with E-state index in [0.29, 0.717) is 0 Å². The molecule has 0 aliphatic carbocycles. The third-order valence-corrected chi connectivity index (χ3v) is 2.69. The number of carbonyl (C=O) groups excluding carboxylic acids is 1. The molecule has 0 spiro atoms. The predicted octanol–water partition coefficient (Wildman–Crippen LogP) is 4.50. The normalized spacial score (nSPS) is 12.9. The Morgan fingerprint density at radius 2 is 1.94 bits per heavy atom. The smallest absolute Gasteiger partial charge is 0.155 e. The molecule has 0 bridgehead atoms. The van der Waals surface area contributed by atoms with Gasteiger partial charge in [-0.3, -0.25) is 4.79 Å². The summed E-state index contributed by atoms with van der Waals surface area (Å²) in [6.45, 7) is 9.32. The molecule has 0 amide bonds. The van der Waals surface area contributed by atoms with Gasteiger partial charge in [-0.1, -0.05) is 44.8 Å². The van der Waals surface area contributed by atoms with Crippen molar-refractivity contribution in [3.63, 3.8) is 0 Å². The number of carbonyl (C=O) groups is 1. The average Bonchev–Trinajstić information content (AvgIpc) is 2.22. The van der Waals surface area contributed by atoms with Gasteiger partial charge >= 0.3 is 0 Å². The highest BCUT2D eigenvalue weighted by Gasteiger charge is 1.98. The van der Waals surface area contributed by atoms with Crippen LogP contribution in [-0.2, 0) is 4.79 Å². The van der Waals surface area contributed by atoms with Crippen molar-refractivity contribution in [3.8, 4) is 0 Å². The maximum absolute atomic E-state index is 10.5. The van der Waals surface area contributed by atoms with Crippen LogP contribution < -0.4 is 0 Å². The standard InChI is InChI=1S/C15H25O/c1-4-11-14(2)12-9-7-5-6-8-10-13-15(3)16/h4,10,13-14H,1,3,5-9,11-12H2,2H3/t14-/m0/s1. The molecule has 16 heavy (non-hydrogen) atoms. The minimum absolute atomic E-state index is 0.0988. The Morgan fingerprint density at radius 3 is 2.56 bits per heavy atom. The highest BCUT2D eigenvalue weighted by Crippen LogP contribution is 2.14. The summed E-state index contributed by atoms with van der Waals surface area (Å²) < 4.78 is 0. The molecule has 0 unspecified atom stereocenters. The summed E-state index contributed by atoms with van der Waals surface area (Å²) in [5.41, 5.74) is 0. The van der Waals surface area contributed by atoms with Gasteiger partial charge in [0.2, 0.25) is 0 Å². The molecule has 1 radical (unpaired) electrons. The number of ketones is 1. The van der Waals surface area contributed by atoms with Gasteiger partial charge in [-0.15, -0.1) is 6.58 Å². The van der Waals surface area contributed by atoms with Crippen molar-refractivity contribution in [3.05, 3.63) is 31.7 Å². The summed E-state index contributed by atoms with van der Waals surface area (Å²) in [6, 6.07) is 0. The van der Waals surface area contributed by atoms with Crippen molar-refractivity contribution in [2.24, 2.45) is 5.92 Å². The fourth-order valence-corrected chi connectivity index (χ4v) is 1.73. The van der Waals surface area contributed by atoms with Gasteiger partial charge in [0, 0.05) is 6.92 Å². The fraction of sp³-hybridized carbons (Fsp3) is 0.600. The molecular weight excluding hydrogens is 196 g/mol. The number of unbranched alkanes of at least 4 members (excludes halogenated alkanes) is 4. The highest BCUT2D eigenvalue weighted by atomic mass is 16.1. The molecule has 1 heteroatoms. The van der Waals surface area contributed by atoms with Crippen LogP contribution in [0.2, 0.25) is 0 Å². The zero-order chi connectivity index (χ0) is 12.2. The fourth-order valence-electron chi connectivity index (χ4n) is 1.73. The number of hydrogen-bond acceptors (Lipinski definition) is 1. The summed E-state index contributed by atoms with van der Waals surface area (Å²) in [5, 5.41) is 0. The molecule has 1 nitrogen and oxygen atoms in total. The molecule has 91 valence electrons. The predicted molar refractivity (Wildman–Crippen MR) is 71.2 cm³/mol. The van der Waals surface area contributed by atoms with E-state index in [1.165, 1.54) is 32.1 Å². The van der Waals surface area contributed by atoms with Crippen LogP contribution in [0.1, 0.15) is 51.9 Å². The Balaban J connectivity index is 3.21. The third kappa shape index (κ3) is 11.2. The first-order valence-corrected chi connectivity index (χ1v) is 6.30. The van der Waals surface area contributed by atoms with Crippen LogP contribution in [0.3, 0.4) is 0 Å². The molecule has 0 saturated carbocycles. The molecule has 0 aromatic rings. The lowest BCUT2D eigenvalue weighted by Gasteiger charge is -2.07. The van der Waals surface area contributed by atoms with E-state index < -0.39 is 0 Å². The molecule has 0 saturated heterocycles. The Bertz CT molecular complexity index is 215. The highest BCUT2D eigenvalue weighted by molar-refractivity contribution is 5.93. The van der Waals surface area contributed by atoms with Crippen molar-refractivity contribution in [1.82, 2.24) is 0 Å². The van der Waals surface area contributed by atoms with Gasteiger partial charge in [0.1, 0.15) is 0 Å². The maximum atomic E-state index is 10.5. The molecule has 0 aliphatic heterocycles. The van der Waals surface area contributed by atoms with Crippen molar-refractivity contribution in [2.45, 2.75) is 51.9 Å². The van der Waals surface area contributed by atoms with E-state index in [0.717, 1.165) is 18.8 Å².